The lowest BCUT2D eigenvalue weighted by Crippen LogP contribution is -2.12. The first-order valence-corrected chi connectivity index (χ1v) is 23.0. The minimum atomic E-state index is 1.06. The summed E-state index contributed by atoms with van der Waals surface area (Å²) in [6.07, 6.45) is 9.08. The van der Waals surface area contributed by atoms with Gasteiger partial charge in [-0.1, -0.05) is 194 Å². The second kappa shape index (κ2) is 16.9. The fraction of sp³-hybridized carbons (Fsp3) is 0.0312. The van der Waals surface area contributed by atoms with Gasteiger partial charge in [-0.05, 0) is 129 Å². The molecule has 1 heterocycles. The molecule has 0 aliphatic heterocycles. The van der Waals surface area contributed by atoms with Gasteiger partial charge in [0.25, 0.3) is 0 Å². The maximum atomic E-state index is 2.45. The van der Waals surface area contributed by atoms with Crippen LogP contribution in [0.1, 0.15) is 18.4 Å². The smallest absolute Gasteiger partial charge is 0.0546 e. The number of anilines is 3. The van der Waals surface area contributed by atoms with E-state index in [-0.39, 0.29) is 0 Å². The molecule has 11 aromatic rings. The van der Waals surface area contributed by atoms with Crippen molar-refractivity contribution in [3.05, 3.63) is 260 Å². The molecule has 312 valence electrons. The van der Waals surface area contributed by atoms with E-state index in [4.69, 9.17) is 0 Å². The van der Waals surface area contributed by atoms with Crippen LogP contribution >= 0.6 is 0 Å². The predicted molar refractivity (Wildman–Crippen MR) is 281 cm³/mol. The number of aromatic nitrogens is 1. The molecule has 0 atom stereocenters. The van der Waals surface area contributed by atoms with Gasteiger partial charge in [-0.15, -0.1) is 0 Å². The normalized spacial score (nSPS) is 12.5. The van der Waals surface area contributed by atoms with Crippen molar-refractivity contribution in [3.8, 4) is 50.2 Å². The van der Waals surface area contributed by atoms with E-state index in [1.54, 1.807) is 0 Å². The summed E-state index contributed by atoms with van der Waals surface area (Å²) in [6, 6.07) is 86.7. The lowest BCUT2D eigenvalue weighted by atomic mass is 9.92. The molecule has 0 spiro atoms. The summed E-state index contributed by atoms with van der Waals surface area (Å²) >= 11 is 0. The highest BCUT2D eigenvalue weighted by Gasteiger charge is 2.22. The maximum Gasteiger partial charge on any atom is 0.0546 e. The Morgan fingerprint density at radius 2 is 0.970 bits per heavy atom. The topological polar surface area (TPSA) is 8.17 Å². The van der Waals surface area contributed by atoms with Crippen LogP contribution in [0.4, 0.5) is 17.1 Å². The second-order valence-corrected chi connectivity index (χ2v) is 17.2. The number of para-hydroxylation sites is 2. The van der Waals surface area contributed by atoms with Crippen molar-refractivity contribution in [1.29, 1.82) is 0 Å². The van der Waals surface area contributed by atoms with E-state index in [0.717, 1.165) is 41.2 Å². The minimum Gasteiger partial charge on any atom is -0.310 e. The van der Waals surface area contributed by atoms with E-state index in [9.17, 15) is 0 Å². The number of allylic oxidation sites excluding steroid dienone is 4. The van der Waals surface area contributed by atoms with E-state index in [2.05, 4.69) is 264 Å². The summed E-state index contributed by atoms with van der Waals surface area (Å²) in [5.74, 6) is 0. The van der Waals surface area contributed by atoms with Gasteiger partial charge >= 0.3 is 0 Å². The van der Waals surface area contributed by atoms with E-state index in [1.807, 2.05) is 0 Å². The molecule has 12 rings (SSSR count). The van der Waals surface area contributed by atoms with Crippen molar-refractivity contribution >= 4 is 55.2 Å². The van der Waals surface area contributed by atoms with Crippen molar-refractivity contribution in [3.63, 3.8) is 0 Å². The average molecular weight is 843 g/mol. The summed E-state index contributed by atoms with van der Waals surface area (Å²) in [5.41, 5.74) is 18.7. The molecule has 0 bridgehead atoms. The van der Waals surface area contributed by atoms with Gasteiger partial charge in [0.05, 0.1) is 22.4 Å². The van der Waals surface area contributed by atoms with Crippen LogP contribution in [0.15, 0.2) is 255 Å². The van der Waals surface area contributed by atoms with Gasteiger partial charge in [-0.25, -0.2) is 0 Å². The van der Waals surface area contributed by atoms with Gasteiger partial charge in [0.15, 0.2) is 0 Å². The first kappa shape index (κ1) is 39.2. The summed E-state index contributed by atoms with van der Waals surface area (Å²) in [7, 11) is 0. The number of rotatable bonds is 9. The lowest BCUT2D eigenvalue weighted by molar-refractivity contribution is 1.04. The van der Waals surface area contributed by atoms with Gasteiger partial charge in [0.2, 0.25) is 0 Å². The molecule has 0 radical (unpaired) electrons. The molecule has 66 heavy (non-hydrogen) atoms. The van der Waals surface area contributed by atoms with E-state index >= 15 is 0 Å². The van der Waals surface area contributed by atoms with Gasteiger partial charge < -0.3 is 9.47 Å². The van der Waals surface area contributed by atoms with Crippen LogP contribution in [0.25, 0.3) is 88.3 Å². The zero-order chi connectivity index (χ0) is 43.8. The minimum absolute atomic E-state index is 1.06. The summed E-state index contributed by atoms with van der Waals surface area (Å²) in [5, 5.41) is 4.97. The van der Waals surface area contributed by atoms with Crippen LogP contribution in [0.5, 0.6) is 0 Å². The van der Waals surface area contributed by atoms with Crippen LogP contribution in [-0.2, 0) is 0 Å². The number of fused-ring (bicyclic) bond motifs is 4. The SMILES string of the molecule is C1=CC(c2ccc(N(c3ccc(-c4c(-c5ccccc5)cccc4-n4c5ccccc5c5ccccc54)cc3)c3cccc(-c4ccc5ccccc5c4)c3)c(-c3ccccc3)c2)=CCC1. The predicted octanol–water partition coefficient (Wildman–Crippen LogP) is 17.8. The zero-order valence-electron chi connectivity index (χ0n) is 36.6. The first-order valence-electron chi connectivity index (χ1n) is 23.0. The largest absolute Gasteiger partial charge is 0.310 e. The Hall–Kier alpha value is -8.46. The summed E-state index contributed by atoms with van der Waals surface area (Å²) in [6.45, 7) is 0. The number of hydrogen-bond donors (Lipinski definition) is 0. The Labute approximate surface area is 386 Å². The fourth-order valence-corrected chi connectivity index (χ4v) is 10.1. The molecule has 0 saturated heterocycles. The van der Waals surface area contributed by atoms with E-state index in [0.29, 0.717) is 0 Å². The third kappa shape index (κ3) is 7.10. The third-order valence-electron chi connectivity index (χ3n) is 13.2. The van der Waals surface area contributed by atoms with Crippen molar-refractivity contribution in [1.82, 2.24) is 4.57 Å². The Bertz CT molecular complexity index is 3580. The monoisotopic (exact) mass is 842 g/mol. The highest BCUT2D eigenvalue weighted by atomic mass is 15.1. The van der Waals surface area contributed by atoms with Crippen LogP contribution in [0.3, 0.4) is 0 Å². The number of nitrogens with zero attached hydrogens (tertiary/aromatic N) is 2. The van der Waals surface area contributed by atoms with Crippen molar-refractivity contribution < 1.29 is 0 Å². The molecule has 1 aliphatic rings. The summed E-state index contributed by atoms with van der Waals surface area (Å²) < 4.78 is 2.45. The first-order chi connectivity index (χ1) is 32.7. The molecule has 0 amide bonds. The van der Waals surface area contributed by atoms with Crippen LogP contribution in [0.2, 0.25) is 0 Å². The zero-order valence-corrected chi connectivity index (χ0v) is 36.6. The van der Waals surface area contributed by atoms with Crippen LogP contribution in [-0.4, -0.2) is 4.57 Å². The Morgan fingerprint density at radius 3 is 1.70 bits per heavy atom. The molecule has 10 aromatic carbocycles. The molecule has 1 aliphatic carbocycles. The highest BCUT2D eigenvalue weighted by Crippen LogP contribution is 2.46. The molecule has 1 aromatic heterocycles. The highest BCUT2D eigenvalue weighted by molar-refractivity contribution is 6.10. The van der Waals surface area contributed by atoms with E-state index < -0.39 is 0 Å². The maximum absolute atomic E-state index is 2.45. The lowest BCUT2D eigenvalue weighted by Gasteiger charge is -2.29. The van der Waals surface area contributed by atoms with Crippen molar-refractivity contribution in [2.24, 2.45) is 0 Å². The van der Waals surface area contributed by atoms with E-state index in [1.165, 1.54) is 82.7 Å². The van der Waals surface area contributed by atoms with Crippen molar-refractivity contribution in [2.75, 3.05) is 4.90 Å². The third-order valence-corrected chi connectivity index (χ3v) is 13.2. The molecular weight excluding hydrogens is 797 g/mol. The van der Waals surface area contributed by atoms with Gasteiger partial charge in [0.1, 0.15) is 0 Å². The molecule has 0 N–H and O–H groups in total. The standard InChI is InChI=1S/C64H46N2/c1-4-18-45(19-5-1)53-38-41-62(59(44-53)48-23-8-3-9-24-48)65(55-27-16-26-51(43-55)52-35-34-46-20-10-11-25-50(46)42-52)54-39-36-49(37-40-54)64-56(47-21-6-2-7-22-47)30-17-33-63(64)66-60-31-14-12-28-57(60)58-29-13-15-32-61(58)66/h2-4,6-44H,1,5H2. The van der Waals surface area contributed by atoms with Gasteiger partial charge in [0, 0.05) is 33.3 Å². The molecular formula is C64H46N2. The molecule has 2 nitrogen and oxygen atoms in total. The van der Waals surface area contributed by atoms with Crippen LogP contribution in [0, 0.1) is 0 Å². The Kier molecular flexibility index (Phi) is 10.0. The molecule has 0 saturated carbocycles. The molecule has 0 fully saturated rings. The number of benzene rings is 10. The van der Waals surface area contributed by atoms with Gasteiger partial charge in [-0.3, -0.25) is 0 Å². The summed E-state index contributed by atoms with van der Waals surface area (Å²) in [4.78, 5) is 2.45. The van der Waals surface area contributed by atoms with Crippen LogP contribution < -0.4 is 4.90 Å². The molecule has 0 unspecified atom stereocenters. The van der Waals surface area contributed by atoms with Crippen molar-refractivity contribution in [2.45, 2.75) is 12.8 Å². The average Bonchev–Trinajstić information content (AvgIpc) is 3.74. The van der Waals surface area contributed by atoms with Gasteiger partial charge in [-0.2, -0.15) is 0 Å². The fourth-order valence-electron chi connectivity index (χ4n) is 10.1. The Balaban J connectivity index is 1.06. The second-order valence-electron chi connectivity index (χ2n) is 17.2. The quantitative estimate of drug-likeness (QED) is 0.141. The molecule has 2 heteroatoms. The number of hydrogen-bond acceptors (Lipinski definition) is 1. The Morgan fingerprint density at radius 1 is 0.364 bits per heavy atom.